The van der Waals surface area contributed by atoms with Crippen molar-refractivity contribution in [2.24, 2.45) is 5.18 Å². The standard InChI is InChI=1S/C11H14FNO/c1-2-5-10(13-14)8-9-6-3-4-7-11(9)12/h3-4,6-7,10H,2,5,8H2,1H3. The van der Waals surface area contributed by atoms with Gasteiger partial charge in [0.25, 0.3) is 0 Å². The molecule has 0 spiro atoms. The first-order chi connectivity index (χ1) is 6.77. The fourth-order valence-electron chi connectivity index (χ4n) is 1.44. The van der Waals surface area contributed by atoms with Crippen LogP contribution in [0.15, 0.2) is 29.4 Å². The molecule has 1 rings (SSSR count). The zero-order chi connectivity index (χ0) is 10.4. The molecule has 0 bridgehead atoms. The van der Waals surface area contributed by atoms with E-state index in [1.165, 1.54) is 6.07 Å². The lowest BCUT2D eigenvalue weighted by molar-refractivity contribution is 0.561. The Hall–Kier alpha value is -1.25. The van der Waals surface area contributed by atoms with Crippen LogP contribution >= 0.6 is 0 Å². The highest BCUT2D eigenvalue weighted by Gasteiger charge is 2.10. The van der Waals surface area contributed by atoms with Crippen LogP contribution in [0, 0.1) is 10.7 Å². The normalized spacial score (nSPS) is 12.4. The first-order valence-electron chi connectivity index (χ1n) is 4.83. The highest BCUT2D eigenvalue weighted by atomic mass is 19.1. The van der Waals surface area contributed by atoms with Crippen molar-refractivity contribution in [3.05, 3.63) is 40.6 Å². The molecule has 0 radical (unpaired) electrons. The van der Waals surface area contributed by atoms with Gasteiger partial charge in [0, 0.05) is 6.42 Å². The molecule has 0 saturated carbocycles. The maximum absolute atomic E-state index is 13.2. The molecule has 0 aliphatic rings. The molecule has 14 heavy (non-hydrogen) atoms. The molecule has 1 aromatic carbocycles. The number of nitrogens with zero attached hydrogens (tertiary/aromatic N) is 1. The molecule has 1 aromatic rings. The number of rotatable bonds is 5. The predicted octanol–water partition coefficient (Wildman–Crippen LogP) is 3.30. The predicted molar refractivity (Wildman–Crippen MR) is 54.6 cm³/mol. The van der Waals surface area contributed by atoms with Gasteiger partial charge in [-0.3, -0.25) is 0 Å². The van der Waals surface area contributed by atoms with Crippen molar-refractivity contribution >= 4 is 0 Å². The Balaban J connectivity index is 2.66. The Morgan fingerprint density at radius 1 is 1.43 bits per heavy atom. The summed E-state index contributed by atoms with van der Waals surface area (Å²) >= 11 is 0. The summed E-state index contributed by atoms with van der Waals surface area (Å²) in [5.74, 6) is -0.253. The van der Waals surface area contributed by atoms with Gasteiger partial charge in [-0.25, -0.2) is 4.39 Å². The lowest BCUT2D eigenvalue weighted by Gasteiger charge is -2.07. The molecule has 0 N–H and O–H groups in total. The first-order valence-corrected chi connectivity index (χ1v) is 4.83. The van der Waals surface area contributed by atoms with E-state index in [1.807, 2.05) is 6.92 Å². The molecule has 0 fully saturated rings. The second-order valence-electron chi connectivity index (χ2n) is 3.34. The number of hydrogen-bond acceptors (Lipinski definition) is 2. The second-order valence-corrected chi connectivity index (χ2v) is 3.34. The molecule has 0 heterocycles. The molecule has 1 atom stereocenters. The van der Waals surface area contributed by atoms with Crippen LogP contribution in [0.1, 0.15) is 25.3 Å². The van der Waals surface area contributed by atoms with Gasteiger partial charge in [-0.05, 0) is 18.1 Å². The Morgan fingerprint density at radius 3 is 2.71 bits per heavy atom. The molecule has 1 unspecified atom stereocenters. The molecular weight excluding hydrogens is 181 g/mol. The number of halogens is 1. The van der Waals surface area contributed by atoms with E-state index in [0.29, 0.717) is 12.0 Å². The Morgan fingerprint density at radius 2 is 2.14 bits per heavy atom. The summed E-state index contributed by atoms with van der Waals surface area (Å²) in [7, 11) is 0. The van der Waals surface area contributed by atoms with Gasteiger partial charge in [0.15, 0.2) is 0 Å². The molecule has 0 saturated heterocycles. The summed E-state index contributed by atoms with van der Waals surface area (Å²) in [5, 5.41) is 3.00. The molecule has 0 aliphatic carbocycles. The molecule has 0 amide bonds. The van der Waals surface area contributed by atoms with Gasteiger partial charge in [0.05, 0.1) is 6.04 Å². The number of hydrogen-bond donors (Lipinski definition) is 0. The van der Waals surface area contributed by atoms with Gasteiger partial charge in [-0.15, -0.1) is 0 Å². The van der Waals surface area contributed by atoms with Gasteiger partial charge >= 0.3 is 0 Å². The van der Waals surface area contributed by atoms with Gasteiger partial charge in [-0.1, -0.05) is 36.7 Å². The van der Waals surface area contributed by atoms with E-state index < -0.39 is 0 Å². The summed E-state index contributed by atoms with van der Waals surface area (Å²) in [5.41, 5.74) is 0.575. The smallest absolute Gasteiger partial charge is 0.126 e. The Bertz CT molecular complexity index is 301. The van der Waals surface area contributed by atoms with Crippen LogP contribution in [-0.2, 0) is 6.42 Å². The van der Waals surface area contributed by atoms with Crippen LogP contribution in [0.5, 0.6) is 0 Å². The van der Waals surface area contributed by atoms with Crippen molar-refractivity contribution in [2.45, 2.75) is 32.2 Å². The SMILES string of the molecule is CCCC(Cc1ccccc1F)N=O. The fraction of sp³-hybridized carbons (Fsp3) is 0.455. The largest absolute Gasteiger partial charge is 0.207 e. The van der Waals surface area contributed by atoms with Crippen molar-refractivity contribution in [1.82, 2.24) is 0 Å². The fourth-order valence-corrected chi connectivity index (χ4v) is 1.44. The summed E-state index contributed by atoms with van der Waals surface area (Å²) in [6, 6.07) is 6.22. The maximum Gasteiger partial charge on any atom is 0.126 e. The average Bonchev–Trinajstić information content (AvgIpc) is 2.20. The summed E-state index contributed by atoms with van der Waals surface area (Å²) in [6.07, 6.45) is 2.02. The van der Waals surface area contributed by atoms with Crippen LogP contribution in [0.2, 0.25) is 0 Å². The topological polar surface area (TPSA) is 29.4 Å². The highest BCUT2D eigenvalue weighted by molar-refractivity contribution is 5.18. The van der Waals surface area contributed by atoms with Crippen LogP contribution in [0.3, 0.4) is 0 Å². The van der Waals surface area contributed by atoms with E-state index in [1.54, 1.807) is 18.2 Å². The van der Waals surface area contributed by atoms with Gasteiger partial charge in [0.1, 0.15) is 5.82 Å². The molecule has 0 aliphatic heterocycles. The summed E-state index contributed by atoms with van der Waals surface area (Å²) in [6.45, 7) is 1.99. The summed E-state index contributed by atoms with van der Waals surface area (Å²) < 4.78 is 13.2. The van der Waals surface area contributed by atoms with Crippen molar-refractivity contribution in [2.75, 3.05) is 0 Å². The Kier molecular flexibility index (Phi) is 4.23. The highest BCUT2D eigenvalue weighted by Crippen LogP contribution is 2.13. The second kappa shape index (κ2) is 5.47. The molecule has 76 valence electrons. The van der Waals surface area contributed by atoms with E-state index in [4.69, 9.17) is 0 Å². The number of benzene rings is 1. The first kappa shape index (κ1) is 10.8. The number of nitroso groups, excluding NO2 is 1. The minimum atomic E-state index is -0.295. The minimum Gasteiger partial charge on any atom is -0.207 e. The molecule has 2 nitrogen and oxygen atoms in total. The van der Waals surface area contributed by atoms with E-state index in [9.17, 15) is 9.30 Å². The van der Waals surface area contributed by atoms with Crippen molar-refractivity contribution in [1.29, 1.82) is 0 Å². The van der Waals surface area contributed by atoms with Crippen molar-refractivity contribution in [3.8, 4) is 0 Å². The van der Waals surface area contributed by atoms with Gasteiger partial charge < -0.3 is 0 Å². The van der Waals surface area contributed by atoms with E-state index >= 15 is 0 Å². The quantitative estimate of drug-likeness (QED) is 0.663. The van der Waals surface area contributed by atoms with Gasteiger partial charge in [0.2, 0.25) is 0 Å². The van der Waals surface area contributed by atoms with E-state index in [0.717, 1.165) is 12.8 Å². The lowest BCUT2D eigenvalue weighted by atomic mass is 10.0. The lowest BCUT2D eigenvalue weighted by Crippen LogP contribution is -2.08. The molecular formula is C11H14FNO. The minimum absolute atomic E-state index is 0.253. The maximum atomic E-state index is 13.2. The zero-order valence-electron chi connectivity index (χ0n) is 8.24. The van der Waals surface area contributed by atoms with Crippen molar-refractivity contribution < 1.29 is 4.39 Å². The summed E-state index contributed by atoms with van der Waals surface area (Å²) in [4.78, 5) is 10.4. The van der Waals surface area contributed by atoms with Gasteiger partial charge in [-0.2, -0.15) is 4.91 Å². The third kappa shape index (κ3) is 2.91. The van der Waals surface area contributed by atoms with Crippen LogP contribution < -0.4 is 0 Å². The van der Waals surface area contributed by atoms with E-state index in [-0.39, 0.29) is 11.9 Å². The third-order valence-electron chi connectivity index (χ3n) is 2.18. The average molecular weight is 195 g/mol. The van der Waals surface area contributed by atoms with Crippen LogP contribution in [0.25, 0.3) is 0 Å². The zero-order valence-corrected chi connectivity index (χ0v) is 8.24. The Labute approximate surface area is 83.1 Å². The van der Waals surface area contributed by atoms with Crippen LogP contribution in [0.4, 0.5) is 4.39 Å². The van der Waals surface area contributed by atoms with E-state index in [2.05, 4.69) is 5.18 Å². The molecule has 0 aromatic heterocycles. The third-order valence-corrected chi connectivity index (χ3v) is 2.18. The van der Waals surface area contributed by atoms with Crippen LogP contribution in [-0.4, -0.2) is 6.04 Å². The monoisotopic (exact) mass is 195 g/mol. The van der Waals surface area contributed by atoms with Crippen molar-refractivity contribution in [3.63, 3.8) is 0 Å². The molecule has 3 heteroatoms.